The first kappa shape index (κ1) is 24.0. The van der Waals surface area contributed by atoms with Crippen molar-refractivity contribution in [2.24, 2.45) is 0 Å². The third-order valence-corrected chi connectivity index (χ3v) is 5.45. The smallest absolute Gasteiger partial charge is 0.261 e. The molecule has 1 N–H and O–H groups in total. The monoisotopic (exact) mass is 450 g/mol. The van der Waals surface area contributed by atoms with E-state index in [1.54, 1.807) is 31.2 Å². The van der Waals surface area contributed by atoms with Crippen LogP contribution in [0.4, 0.5) is 0 Å². The summed E-state index contributed by atoms with van der Waals surface area (Å²) in [7, 11) is 0. The topological polar surface area (TPSA) is 58.6 Å². The zero-order valence-electron chi connectivity index (χ0n) is 17.6. The van der Waals surface area contributed by atoms with Crippen LogP contribution in [0, 0.1) is 6.92 Å². The molecule has 2 aromatic rings. The fourth-order valence-electron chi connectivity index (χ4n) is 2.91. The van der Waals surface area contributed by atoms with Crippen LogP contribution in [0.5, 0.6) is 5.75 Å². The number of benzene rings is 2. The number of carbonyl (C=O) groups is 2. The van der Waals surface area contributed by atoms with Gasteiger partial charge in [0.05, 0.1) is 0 Å². The molecule has 2 amide bonds. The van der Waals surface area contributed by atoms with Gasteiger partial charge in [-0.2, -0.15) is 0 Å². The van der Waals surface area contributed by atoms with Crippen molar-refractivity contribution in [2.45, 2.75) is 46.2 Å². The predicted octanol–water partition coefficient (Wildman–Crippen LogP) is 5.01. The third-order valence-electron chi connectivity index (χ3n) is 4.74. The van der Waals surface area contributed by atoms with Gasteiger partial charge in [-0.15, -0.1) is 0 Å². The van der Waals surface area contributed by atoms with E-state index < -0.39 is 6.04 Å². The molecule has 0 aliphatic rings. The molecule has 0 aliphatic heterocycles. The van der Waals surface area contributed by atoms with Gasteiger partial charge < -0.3 is 15.0 Å². The highest BCUT2D eigenvalue weighted by atomic mass is 35.5. The minimum Gasteiger partial charge on any atom is -0.484 e. The molecule has 162 valence electrons. The average Bonchev–Trinajstić information content (AvgIpc) is 2.71. The Morgan fingerprint density at radius 3 is 2.43 bits per heavy atom. The lowest BCUT2D eigenvalue weighted by molar-refractivity contribution is -0.142. The first-order chi connectivity index (χ1) is 14.3. The molecule has 0 spiro atoms. The Morgan fingerprint density at radius 2 is 1.80 bits per heavy atom. The van der Waals surface area contributed by atoms with E-state index in [1.165, 1.54) is 4.90 Å². The second-order valence-corrected chi connectivity index (χ2v) is 7.96. The number of nitrogens with one attached hydrogen (secondary N) is 1. The number of hydrogen-bond acceptors (Lipinski definition) is 3. The zero-order valence-corrected chi connectivity index (χ0v) is 19.1. The van der Waals surface area contributed by atoms with E-state index in [4.69, 9.17) is 27.9 Å². The maximum atomic E-state index is 13.0. The zero-order chi connectivity index (χ0) is 22.1. The van der Waals surface area contributed by atoms with Crippen molar-refractivity contribution in [3.63, 3.8) is 0 Å². The molecule has 0 heterocycles. The van der Waals surface area contributed by atoms with Gasteiger partial charge in [0.25, 0.3) is 5.91 Å². The minimum atomic E-state index is -0.706. The largest absolute Gasteiger partial charge is 0.484 e. The number of hydrogen-bond donors (Lipinski definition) is 1. The van der Waals surface area contributed by atoms with Gasteiger partial charge in [-0.05, 0) is 50.1 Å². The summed E-state index contributed by atoms with van der Waals surface area (Å²) < 4.78 is 5.67. The van der Waals surface area contributed by atoms with Crippen LogP contribution >= 0.6 is 23.2 Å². The summed E-state index contributed by atoms with van der Waals surface area (Å²) in [5, 5.41) is 3.76. The Hall–Kier alpha value is -2.24. The van der Waals surface area contributed by atoms with Crippen LogP contribution in [-0.4, -0.2) is 35.9 Å². The highest BCUT2D eigenvalue weighted by Gasteiger charge is 2.27. The fraction of sp³-hybridized carbons (Fsp3) is 0.391. The number of unbranched alkanes of at least 4 members (excludes halogenated alkanes) is 1. The van der Waals surface area contributed by atoms with Gasteiger partial charge in [-0.1, -0.05) is 54.7 Å². The quantitative estimate of drug-likeness (QED) is 0.517. The maximum absolute atomic E-state index is 13.0. The number of halogens is 2. The van der Waals surface area contributed by atoms with Gasteiger partial charge in [-0.3, -0.25) is 9.59 Å². The van der Waals surface area contributed by atoms with Gasteiger partial charge in [0.2, 0.25) is 5.91 Å². The van der Waals surface area contributed by atoms with Crippen molar-refractivity contribution in [2.75, 3.05) is 13.2 Å². The molecule has 2 rings (SSSR count). The van der Waals surface area contributed by atoms with Crippen LogP contribution in [-0.2, 0) is 16.1 Å². The molecule has 30 heavy (non-hydrogen) atoms. The number of amides is 2. The van der Waals surface area contributed by atoms with Gasteiger partial charge in [0, 0.05) is 28.7 Å². The number of ether oxygens (including phenoxy) is 1. The third kappa shape index (κ3) is 6.92. The molecule has 7 heteroatoms. The number of carbonyl (C=O) groups excluding carboxylic acids is 2. The molecule has 0 bridgehead atoms. The van der Waals surface area contributed by atoms with E-state index in [-0.39, 0.29) is 25.0 Å². The molecular weight excluding hydrogens is 423 g/mol. The Morgan fingerprint density at radius 1 is 1.13 bits per heavy atom. The van der Waals surface area contributed by atoms with Crippen LogP contribution in [0.25, 0.3) is 0 Å². The molecule has 5 nitrogen and oxygen atoms in total. The Kier molecular flexibility index (Phi) is 9.47. The highest BCUT2D eigenvalue weighted by molar-refractivity contribution is 6.36. The molecule has 0 aliphatic carbocycles. The lowest BCUT2D eigenvalue weighted by Crippen LogP contribution is -2.49. The summed E-state index contributed by atoms with van der Waals surface area (Å²) in [5.74, 6) is 0.0419. The van der Waals surface area contributed by atoms with Crippen molar-refractivity contribution < 1.29 is 14.3 Å². The van der Waals surface area contributed by atoms with Gasteiger partial charge in [0.1, 0.15) is 11.8 Å². The van der Waals surface area contributed by atoms with E-state index in [1.807, 2.05) is 32.0 Å². The first-order valence-corrected chi connectivity index (χ1v) is 10.8. The highest BCUT2D eigenvalue weighted by Crippen LogP contribution is 2.26. The summed E-state index contributed by atoms with van der Waals surface area (Å²) in [4.78, 5) is 27.1. The van der Waals surface area contributed by atoms with Crippen LogP contribution in [0.15, 0.2) is 42.5 Å². The summed E-state index contributed by atoms with van der Waals surface area (Å²) in [6.07, 6.45) is 1.84. The second-order valence-electron chi connectivity index (χ2n) is 7.15. The van der Waals surface area contributed by atoms with Crippen LogP contribution in [0.3, 0.4) is 0 Å². The first-order valence-electron chi connectivity index (χ1n) is 10.0. The van der Waals surface area contributed by atoms with E-state index in [0.717, 1.165) is 18.4 Å². The molecule has 1 atom stereocenters. The van der Waals surface area contributed by atoms with Gasteiger partial charge in [0.15, 0.2) is 6.61 Å². The Labute approximate surface area is 188 Å². The molecule has 0 saturated heterocycles. The molecular formula is C23H28Cl2N2O3. The van der Waals surface area contributed by atoms with E-state index in [0.29, 0.717) is 27.9 Å². The molecule has 0 fully saturated rings. The number of rotatable bonds is 10. The maximum Gasteiger partial charge on any atom is 0.261 e. The van der Waals surface area contributed by atoms with Crippen molar-refractivity contribution in [1.29, 1.82) is 0 Å². The van der Waals surface area contributed by atoms with Crippen molar-refractivity contribution in [1.82, 2.24) is 10.2 Å². The summed E-state index contributed by atoms with van der Waals surface area (Å²) in [5.41, 5.74) is 1.63. The molecule has 0 aromatic heterocycles. The average molecular weight is 451 g/mol. The van der Waals surface area contributed by atoms with Crippen molar-refractivity contribution in [3.8, 4) is 5.75 Å². The standard InChI is InChI=1S/C23H28Cl2N2O3/c1-4-5-12-26-23(29)17(3)27(14-19-20(24)10-7-11-21(19)25)22(28)15-30-18-9-6-8-16(2)13-18/h6-11,13,17H,4-5,12,14-15H2,1-3H3,(H,26,29)/t17-/m0/s1. The van der Waals surface area contributed by atoms with Crippen molar-refractivity contribution in [3.05, 3.63) is 63.6 Å². The minimum absolute atomic E-state index is 0.108. The van der Waals surface area contributed by atoms with E-state index in [9.17, 15) is 9.59 Å². The van der Waals surface area contributed by atoms with Crippen LogP contribution in [0.2, 0.25) is 10.0 Å². The van der Waals surface area contributed by atoms with Gasteiger partial charge in [-0.25, -0.2) is 0 Å². The SMILES string of the molecule is CCCCNC(=O)[C@H](C)N(Cc1c(Cl)cccc1Cl)C(=O)COc1cccc(C)c1. The molecule has 0 radical (unpaired) electrons. The van der Waals surface area contributed by atoms with Crippen molar-refractivity contribution >= 4 is 35.0 Å². The fourth-order valence-corrected chi connectivity index (χ4v) is 3.42. The summed E-state index contributed by atoms with van der Waals surface area (Å²) in [6.45, 7) is 6.16. The van der Waals surface area contributed by atoms with Gasteiger partial charge >= 0.3 is 0 Å². The normalized spacial score (nSPS) is 11.6. The Balaban J connectivity index is 2.18. The molecule has 2 aromatic carbocycles. The van der Waals surface area contributed by atoms with E-state index in [2.05, 4.69) is 5.32 Å². The number of nitrogens with zero attached hydrogens (tertiary/aromatic N) is 1. The van der Waals surface area contributed by atoms with E-state index >= 15 is 0 Å². The lowest BCUT2D eigenvalue weighted by Gasteiger charge is -2.29. The summed E-state index contributed by atoms with van der Waals surface area (Å²) >= 11 is 12.6. The molecule has 0 saturated carbocycles. The molecule has 0 unspecified atom stereocenters. The number of aryl methyl sites for hydroxylation is 1. The van der Waals surface area contributed by atoms with Crippen LogP contribution < -0.4 is 10.1 Å². The Bertz CT molecular complexity index is 853. The summed E-state index contributed by atoms with van der Waals surface area (Å²) in [6, 6.07) is 11.9. The lowest BCUT2D eigenvalue weighted by atomic mass is 10.1. The van der Waals surface area contributed by atoms with Crippen LogP contribution in [0.1, 0.15) is 37.8 Å². The predicted molar refractivity (Wildman–Crippen MR) is 121 cm³/mol. The second kappa shape index (κ2) is 11.8.